The lowest BCUT2D eigenvalue weighted by atomic mass is 9.93. The summed E-state index contributed by atoms with van der Waals surface area (Å²) in [5.41, 5.74) is 0.458. The minimum atomic E-state index is -1.00. The molecule has 1 heterocycles. The summed E-state index contributed by atoms with van der Waals surface area (Å²) >= 11 is 0. The standard InChI is InChI=1S/C30H47N3O8/c1-21(2)33(29(35)22-7-12-26(40-5)27(19-22)41-17-6-16-38-3)25-11-10-24(32(20-25)30(36)37)13-15-31(23-8-9-23)28(34)14-18-39-4/h7,12,19,21,23-25H,6,8-11,13-18,20H2,1-5H3,(H,36,37)/t24-,25-/m1/s1. The zero-order chi connectivity index (χ0) is 29.9. The maximum absolute atomic E-state index is 13.8. The lowest BCUT2D eigenvalue weighted by Crippen LogP contribution is -2.57. The second kappa shape index (κ2) is 15.8. The van der Waals surface area contributed by atoms with Gasteiger partial charge < -0.3 is 38.8 Å². The predicted molar refractivity (Wildman–Crippen MR) is 154 cm³/mol. The normalized spacial score (nSPS) is 18.7. The van der Waals surface area contributed by atoms with Crippen molar-refractivity contribution < 1.29 is 38.4 Å². The van der Waals surface area contributed by atoms with Gasteiger partial charge in [-0.2, -0.15) is 0 Å². The molecule has 2 aliphatic rings. The molecule has 1 aliphatic carbocycles. The second-order valence-electron chi connectivity index (χ2n) is 11.0. The van der Waals surface area contributed by atoms with Crippen molar-refractivity contribution in [1.29, 1.82) is 0 Å². The van der Waals surface area contributed by atoms with E-state index in [-0.39, 0.29) is 42.5 Å². The van der Waals surface area contributed by atoms with Crippen molar-refractivity contribution in [2.45, 2.75) is 83.0 Å². The van der Waals surface area contributed by atoms with Crippen molar-refractivity contribution in [1.82, 2.24) is 14.7 Å². The molecule has 3 amide bonds. The number of ether oxygens (including phenoxy) is 4. The number of benzene rings is 1. The molecule has 1 saturated carbocycles. The first-order valence-corrected chi connectivity index (χ1v) is 14.6. The number of methoxy groups -OCH3 is 3. The van der Waals surface area contributed by atoms with Gasteiger partial charge in [-0.3, -0.25) is 9.59 Å². The number of hydrogen-bond acceptors (Lipinski definition) is 7. The first-order chi connectivity index (χ1) is 19.7. The van der Waals surface area contributed by atoms with Gasteiger partial charge in [-0.1, -0.05) is 0 Å². The summed E-state index contributed by atoms with van der Waals surface area (Å²) in [6, 6.07) is 4.75. The number of amides is 3. The lowest BCUT2D eigenvalue weighted by molar-refractivity contribution is -0.133. The summed E-state index contributed by atoms with van der Waals surface area (Å²) in [5.74, 6) is 0.896. The molecule has 0 radical (unpaired) electrons. The van der Waals surface area contributed by atoms with Crippen LogP contribution in [0.15, 0.2) is 18.2 Å². The molecule has 0 aromatic heterocycles. The SMILES string of the molecule is COCCCOc1cc(C(=O)N(C(C)C)[C@@H]2CC[C@H](CCN(C(=O)CCOC)C3CC3)N(C(=O)O)C2)ccc1OC. The Balaban J connectivity index is 1.70. The van der Waals surface area contributed by atoms with Gasteiger partial charge in [0.2, 0.25) is 5.91 Å². The maximum atomic E-state index is 13.8. The van der Waals surface area contributed by atoms with Crippen LogP contribution in [0, 0.1) is 0 Å². The lowest BCUT2D eigenvalue weighted by Gasteiger charge is -2.44. The van der Waals surface area contributed by atoms with Crippen LogP contribution in [-0.2, 0) is 14.3 Å². The van der Waals surface area contributed by atoms with Crippen LogP contribution in [-0.4, -0.2) is 116 Å². The number of carbonyl (C=O) groups excluding carboxylic acids is 2. The monoisotopic (exact) mass is 577 g/mol. The quantitative estimate of drug-likeness (QED) is 0.294. The van der Waals surface area contributed by atoms with Crippen molar-refractivity contribution in [3.63, 3.8) is 0 Å². The van der Waals surface area contributed by atoms with Crippen molar-refractivity contribution >= 4 is 17.9 Å². The zero-order valence-corrected chi connectivity index (χ0v) is 25.2. The molecule has 2 atom stereocenters. The topological polar surface area (TPSA) is 118 Å². The van der Waals surface area contributed by atoms with E-state index < -0.39 is 6.09 Å². The summed E-state index contributed by atoms with van der Waals surface area (Å²) < 4.78 is 21.5. The summed E-state index contributed by atoms with van der Waals surface area (Å²) in [7, 11) is 4.76. The molecule has 1 aliphatic heterocycles. The molecule has 0 unspecified atom stereocenters. The maximum Gasteiger partial charge on any atom is 0.407 e. The van der Waals surface area contributed by atoms with E-state index in [1.807, 2.05) is 18.7 Å². The van der Waals surface area contributed by atoms with Crippen molar-refractivity contribution in [3.05, 3.63) is 23.8 Å². The molecular formula is C30H47N3O8. The fourth-order valence-corrected chi connectivity index (χ4v) is 5.57. The molecule has 1 N–H and O–H groups in total. The number of hydrogen-bond donors (Lipinski definition) is 1. The number of carbonyl (C=O) groups is 3. The van der Waals surface area contributed by atoms with E-state index in [2.05, 4.69) is 0 Å². The fourth-order valence-electron chi connectivity index (χ4n) is 5.57. The third-order valence-electron chi connectivity index (χ3n) is 7.80. The third kappa shape index (κ3) is 8.97. The molecule has 11 heteroatoms. The number of carboxylic acid groups (broad SMARTS) is 1. The highest BCUT2D eigenvalue weighted by Gasteiger charge is 2.39. The Kier molecular flexibility index (Phi) is 12.5. The summed E-state index contributed by atoms with van der Waals surface area (Å²) in [6.45, 7) is 6.00. The first kappa shape index (κ1) is 32.5. The van der Waals surface area contributed by atoms with Crippen LogP contribution in [0.25, 0.3) is 0 Å². The Bertz CT molecular complexity index is 1020. The number of piperidine rings is 1. The molecule has 2 fully saturated rings. The second-order valence-corrected chi connectivity index (χ2v) is 11.0. The smallest absolute Gasteiger partial charge is 0.407 e. The molecule has 1 aromatic carbocycles. The van der Waals surface area contributed by atoms with E-state index in [9.17, 15) is 19.5 Å². The molecule has 1 aromatic rings. The van der Waals surface area contributed by atoms with Gasteiger partial charge >= 0.3 is 6.09 Å². The van der Waals surface area contributed by atoms with E-state index in [0.717, 1.165) is 12.8 Å². The van der Waals surface area contributed by atoms with Crippen molar-refractivity contribution in [2.24, 2.45) is 0 Å². The van der Waals surface area contributed by atoms with Crippen molar-refractivity contribution in [3.8, 4) is 11.5 Å². The largest absolute Gasteiger partial charge is 0.493 e. The Morgan fingerprint density at radius 2 is 1.68 bits per heavy atom. The highest BCUT2D eigenvalue weighted by atomic mass is 16.5. The van der Waals surface area contributed by atoms with E-state index in [0.29, 0.717) is 75.5 Å². The third-order valence-corrected chi connectivity index (χ3v) is 7.80. The summed E-state index contributed by atoms with van der Waals surface area (Å²) in [5, 5.41) is 10.1. The average molecular weight is 578 g/mol. The van der Waals surface area contributed by atoms with Gasteiger partial charge in [0.05, 0.1) is 32.8 Å². The molecule has 0 spiro atoms. The molecule has 11 nitrogen and oxygen atoms in total. The van der Waals surface area contributed by atoms with Crippen LogP contribution in [0.1, 0.15) is 69.2 Å². The van der Waals surface area contributed by atoms with Crippen molar-refractivity contribution in [2.75, 3.05) is 54.2 Å². The van der Waals surface area contributed by atoms with Gasteiger partial charge in [0, 0.05) is 64.0 Å². The summed E-state index contributed by atoms with van der Waals surface area (Å²) in [4.78, 5) is 44.0. The van der Waals surface area contributed by atoms with Crippen LogP contribution < -0.4 is 9.47 Å². The molecule has 230 valence electrons. The van der Waals surface area contributed by atoms with E-state index in [1.165, 1.54) is 4.90 Å². The first-order valence-electron chi connectivity index (χ1n) is 14.6. The van der Waals surface area contributed by atoms with E-state index in [1.54, 1.807) is 44.4 Å². The van der Waals surface area contributed by atoms with Gasteiger partial charge in [-0.05, 0) is 64.2 Å². The molecule has 41 heavy (non-hydrogen) atoms. The molecular weight excluding hydrogens is 530 g/mol. The Labute approximate surface area is 243 Å². The van der Waals surface area contributed by atoms with E-state index in [4.69, 9.17) is 18.9 Å². The van der Waals surface area contributed by atoms with Crippen LogP contribution in [0.3, 0.4) is 0 Å². The predicted octanol–water partition coefficient (Wildman–Crippen LogP) is 3.89. The average Bonchev–Trinajstić information content (AvgIpc) is 3.79. The number of rotatable bonds is 16. The minimum absolute atomic E-state index is 0.0584. The molecule has 1 saturated heterocycles. The van der Waals surface area contributed by atoms with E-state index >= 15 is 0 Å². The molecule has 3 rings (SSSR count). The van der Waals surface area contributed by atoms with Gasteiger partial charge in [0.25, 0.3) is 5.91 Å². The van der Waals surface area contributed by atoms with Crippen LogP contribution >= 0.6 is 0 Å². The molecule has 0 bridgehead atoms. The number of nitrogens with zero attached hydrogens (tertiary/aromatic N) is 3. The zero-order valence-electron chi connectivity index (χ0n) is 25.2. The Hall–Kier alpha value is -3.05. The Morgan fingerprint density at radius 1 is 0.976 bits per heavy atom. The van der Waals surface area contributed by atoms with Crippen LogP contribution in [0.4, 0.5) is 4.79 Å². The van der Waals surface area contributed by atoms with Gasteiger partial charge in [0.15, 0.2) is 11.5 Å². The Morgan fingerprint density at radius 3 is 2.29 bits per heavy atom. The van der Waals surface area contributed by atoms with Crippen LogP contribution in [0.5, 0.6) is 11.5 Å². The van der Waals surface area contributed by atoms with Gasteiger partial charge in [-0.15, -0.1) is 0 Å². The minimum Gasteiger partial charge on any atom is -0.493 e. The number of likely N-dealkylation sites (tertiary alicyclic amines) is 1. The van der Waals surface area contributed by atoms with Gasteiger partial charge in [0.1, 0.15) is 0 Å². The highest BCUT2D eigenvalue weighted by molar-refractivity contribution is 5.95. The fraction of sp³-hybridized carbons (Fsp3) is 0.700. The summed E-state index contributed by atoms with van der Waals surface area (Å²) in [6.07, 6.45) is 3.88. The van der Waals surface area contributed by atoms with Gasteiger partial charge in [-0.25, -0.2) is 4.79 Å². The highest BCUT2D eigenvalue weighted by Crippen LogP contribution is 2.32. The van der Waals surface area contributed by atoms with Crippen LogP contribution in [0.2, 0.25) is 0 Å².